The molecular formula is C18H24O9Si. The van der Waals surface area contributed by atoms with Gasteiger partial charge in [0.15, 0.2) is 6.29 Å². The van der Waals surface area contributed by atoms with Crippen molar-refractivity contribution in [3.63, 3.8) is 0 Å². The SMILES string of the molecule is CC(=O)O[Si](CCCOc1ccc2c(c1)COC(C)O2)(OC(C)=O)OC(C)=O. The van der Waals surface area contributed by atoms with E-state index in [2.05, 4.69) is 0 Å². The van der Waals surface area contributed by atoms with E-state index in [1.807, 2.05) is 13.0 Å². The third kappa shape index (κ3) is 6.53. The molecule has 0 fully saturated rings. The number of benzene rings is 1. The number of hydrogen-bond acceptors (Lipinski definition) is 9. The van der Waals surface area contributed by atoms with Crippen molar-refractivity contribution in [1.82, 2.24) is 0 Å². The molecule has 9 nitrogen and oxygen atoms in total. The first-order valence-electron chi connectivity index (χ1n) is 8.82. The van der Waals surface area contributed by atoms with Crippen molar-refractivity contribution in [3.8, 4) is 11.5 Å². The number of ether oxygens (including phenoxy) is 3. The fourth-order valence-electron chi connectivity index (χ4n) is 2.64. The monoisotopic (exact) mass is 412 g/mol. The van der Waals surface area contributed by atoms with Crippen LogP contribution < -0.4 is 9.47 Å². The van der Waals surface area contributed by atoms with Gasteiger partial charge in [-0.2, -0.15) is 0 Å². The number of fused-ring (bicyclic) bond motifs is 1. The molecule has 1 aromatic rings. The summed E-state index contributed by atoms with van der Waals surface area (Å²) in [5.41, 5.74) is 0.874. The van der Waals surface area contributed by atoms with Gasteiger partial charge in [-0.3, -0.25) is 14.4 Å². The molecule has 1 heterocycles. The summed E-state index contributed by atoms with van der Waals surface area (Å²) in [6.07, 6.45) is 0.0439. The van der Waals surface area contributed by atoms with Gasteiger partial charge in [0.2, 0.25) is 0 Å². The van der Waals surface area contributed by atoms with Gasteiger partial charge < -0.3 is 27.5 Å². The molecule has 0 aromatic heterocycles. The minimum atomic E-state index is -3.82. The predicted molar refractivity (Wildman–Crippen MR) is 97.3 cm³/mol. The third-order valence-corrected chi connectivity index (χ3v) is 6.35. The normalized spacial score (nSPS) is 15.6. The van der Waals surface area contributed by atoms with Crippen LogP contribution in [0.15, 0.2) is 18.2 Å². The van der Waals surface area contributed by atoms with E-state index in [1.165, 1.54) is 0 Å². The average Bonchev–Trinajstić information content (AvgIpc) is 2.57. The number of hydrogen-bond donors (Lipinski definition) is 0. The molecule has 0 amide bonds. The van der Waals surface area contributed by atoms with Gasteiger partial charge in [0.1, 0.15) is 11.5 Å². The van der Waals surface area contributed by atoms with Crippen molar-refractivity contribution < 1.29 is 41.9 Å². The Kier molecular flexibility index (Phi) is 7.41. The molecule has 1 atom stereocenters. The first kappa shape index (κ1) is 21.7. The van der Waals surface area contributed by atoms with E-state index < -0.39 is 26.7 Å². The minimum absolute atomic E-state index is 0.0560. The van der Waals surface area contributed by atoms with Crippen LogP contribution in [-0.2, 0) is 39.0 Å². The maximum Gasteiger partial charge on any atom is 0.705 e. The van der Waals surface area contributed by atoms with Crippen molar-refractivity contribution in [3.05, 3.63) is 23.8 Å². The molecule has 1 aliphatic rings. The van der Waals surface area contributed by atoms with E-state index in [4.69, 9.17) is 27.5 Å². The van der Waals surface area contributed by atoms with E-state index in [1.54, 1.807) is 12.1 Å². The van der Waals surface area contributed by atoms with Crippen LogP contribution in [0.3, 0.4) is 0 Å². The predicted octanol–water partition coefficient (Wildman–Crippen LogP) is 2.34. The number of carbonyl (C=O) groups excluding carboxylic acids is 3. The summed E-state index contributed by atoms with van der Waals surface area (Å²) in [6, 6.07) is 5.45. The second kappa shape index (κ2) is 9.56. The highest BCUT2D eigenvalue weighted by Gasteiger charge is 2.51. The summed E-state index contributed by atoms with van der Waals surface area (Å²) in [4.78, 5) is 34.2. The van der Waals surface area contributed by atoms with Crippen LogP contribution in [0, 0.1) is 0 Å². The zero-order valence-corrected chi connectivity index (χ0v) is 17.3. The third-order valence-electron chi connectivity index (χ3n) is 3.59. The van der Waals surface area contributed by atoms with Gasteiger partial charge in [0.25, 0.3) is 17.9 Å². The molecule has 0 spiro atoms. The average molecular weight is 412 g/mol. The van der Waals surface area contributed by atoms with Crippen LogP contribution >= 0.6 is 0 Å². The largest absolute Gasteiger partial charge is 0.705 e. The minimum Gasteiger partial charge on any atom is -0.494 e. The molecule has 2 rings (SSSR count). The first-order chi connectivity index (χ1) is 13.2. The molecule has 0 saturated heterocycles. The molecule has 1 aliphatic heterocycles. The highest BCUT2D eigenvalue weighted by atomic mass is 28.4. The van der Waals surface area contributed by atoms with Gasteiger partial charge in [0.05, 0.1) is 19.3 Å². The maximum atomic E-state index is 11.4. The Balaban J connectivity index is 1.96. The zero-order valence-electron chi connectivity index (χ0n) is 16.3. The molecule has 0 saturated carbocycles. The molecular weight excluding hydrogens is 388 g/mol. The molecule has 1 unspecified atom stereocenters. The lowest BCUT2D eigenvalue weighted by atomic mass is 10.2. The van der Waals surface area contributed by atoms with E-state index in [9.17, 15) is 14.4 Å². The van der Waals surface area contributed by atoms with Crippen LogP contribution in [0.2, 0.25) is 6.04 Å². The Bertz CT molecular complexity index is 693. The molecule has 0 radical (unpaired) electrons. The molecule has 10 heteroatoms. The standard InChI is InChI=1S/C18H24O9Si/c1-12(19)25-28(26-13(2)20,27-14(3)21)9-5-8-22-17-6-7-18-16(10-17)11-23-15(4)24-18/h6-7,10,15H,5,8-9,11H2,1-4H3. The fraction of sp³-hybridized carbons (Fsp3) is 0.500. The number of carbonyl (C=O) groups is 3. The Morgan fingerprint density at radius 1 is 1.07 bits per heavy atom. The topological polar surface area (TPSA) is 107 Å². The van der Waals surface area contributed by atoms with Crippen molar-refractivity contribution in [2.45, 2.75) is 53.1 Å². The van der Waals surface area contributed by atoms with E-state index in [-0.39, 0.29) is 18.9 Å². The Hall–Kier alpha value is -2.59. The van der Waals surface area contributed by atoms with Gasteiger partial charge in [-0.25, -0.2) is 0 Å². The summed E-state index contributed by atoms with van der Waals surface area (Å²) in [7, 11) is -3.82. The van der Waals surface area contributed by atoms with Crippen molar-refractivity contribution >= 4 is 26.7 Å². The Morgan fingerprint density at radius 2 is 1.68 bits per heavy atom. The highest BCUT2D eigenvalue weighted by Crippen LogP contribution is 2.30. The first-order valence-corrected chi connectivity index (χ1v) is 10.7. The fourth-order valence-corrected chi connectivity index (χ4v) is 4.97. The van der Waals surface area contributed by atoms with Crippen LogP contribution in [-0.4, -0.2) is 39.6 Å². The molecule has 154 valence electrons. The van der Waals surface area contributed by atoms with Crippen molar-refractivity contribution in [2.24, 2.45) is 0 Å². The van der Waals surface area contributed by atoms with Gasteiger partial charge in [0, 0.05) is 26.3 Å². The molecule has 0 aliphatic carbocycles. The van der Waals surface area contributed by atoms with Crippen LogP contribution in [0.4, 0.5) is 0 Å². The van der Waals surface area contributed by atoms with Gasteiger partial charge in [-0.1, -0.05) is 0 Å². The lowest BCUT2D eigenvalue weighted by Crippen LogP contribution is -2.49. The molecule has 0 N–H and O–H groups in total. The van der Waals surface area contributed by atoms with Gasteiger partial charge >= 0.3 is 8.80 Å². The van der Waals surface area contributed by atoms with Crippen LogP contribution in [0.1, 0.15) is 39.7 Å². The second-order valence-electron chi connectivity index (χ2n) is 6.18. The highest BCUT2D eigenvalue weighted by molar-refractivity contribution is 6.65. The second-order valence-corrected chi connectivity index (χ2v) is 8.66. The van der Waals surface area contributed by atoms with E-state index >= 15 is 0 Å². The van der Waals surface area contributed by atoms with Gasteiger partial charge in [-0.15, -0.1) is 0 Å². The van der Waals surface area contributed by atoms with E-state index in [0.29, 0.717) is 18.8 Å². The molecule has 0 bridgehead atoms. The molecule has 28 heavy (non-hydrogen) atoms. The Morgan fingerprint density at radius 3 is 2.25 bits per heavy atom. The summed E-state index contributed by atoms with van der Waals surface area (Å²) >= 11 is 0. The van der Waals surface area contributed by atoms with E-state index in [0.717, 1.165) is 32.1 Å². The maximum absolute atomic E-state index is 11.4. The van der Waals surface area contributed by atoms with Crippen LogP contribution in [0.5, 0.6) is 11.5 Å². The molecule has 1 aromatic carbocycles. The summed E-state index contributed by atoms with van der Waals surface area (Å²) in [6.45, 7) is 5.94. The Labute approximate surface area is 164 Å². The lowest BCUT2D eigenvalue weighted by molar-refractivity contribution is -0.147. The van der Waals surface area contributed by atoms with Crippen molar-refractivity contribution in [1.29, 1.82) is 0 Å². The number of rotatable bonds is 8. The zero-order chi connectivity index (χ0) is 20.7. The summed E-state index contributed by atoms with van der Waals surface area (Å²) < 4.78 is 32.0. The summed E-state index contributed by atoms with van der Waals surface area (Å²) in [5.74, 6) is -0.727. The summed E-state index contributed by atoms with van der Waals surface area (Å²) in [5, 5.41) is 0. The van der Waals surface area contributed by atoms with Gasteiger partial charge in [-0.05, 0) is 31.5 Å². The van der Waals surface area contributed by atoms with Crippen LogP contribution in [0.25, 0.3) is 0 Å². The van der Waals surface area contributed by atoms with Crippen molar-refractivity contribution in [2.75, 3.05) is 6.61 Å². The lowest BCUT2D eigenvalue weighted by Gasteiger charge is -2.26. The quantitative estimate of drug-likeness (QED) is 0.470. The smallest absolute Gasteiger partial charge is 0.494 e.